The van der Waals surface area contributed by atoms with Crippen LogP contribution in [0.5, 0.6) is 11.5 Å². The molecule has 0 unspecified atom stereocenters. The average Bonchev–Trinajstić information content (AvgIpc) is 2.67. The van der Waals surface area contributed by atoms with Crippen LogP contribution in [0.4, 0.5) is 0 Å². The molecule has 144 valence electrons. The first-order valence-corrected chi connectivity index (χ1v) is 9.38. The van der Waals surface area contributed by atoms with Crippen molar-refractivity contribution in [3.8, 4) is 17.2 Å². The highest BCUT2D eigenvalue weighted by Gasteiger charge is 2.17. The van der Waals surface area contributed by atoms with Crippen LogP contribution >= 0.6 is 0 Å². The summed E-state index contributed by atoms with van der Waals surface area (Å²) in [7, 11) is 0. The van der Waals surface area contributed by atoms with Crippen molar-refractivity contribution in [2.75, 3.05) is 19.7 Å². The van der Waals surface area contributed by atoms with Crippen LogP contribution in [-0.2, 0) is 6.61 Å². The van der Waals surface area contributed by atoms with E-state index >= 15 is 0 Å². The zero-order valence-electron chi connectivity index (χ0n) is 15.8. The lowest BCUT2D eigenvalue weighted by molar-refractivity contribution is 0.199. The van der Waals surface area contributed by atoms with Gasteiger partial charge in [-0.3, -0.25) is 14.3 Å². The van der Waals surface area contributed by atoms with Gasteiger partial charge >= 0.3 is 0 Å². The highest BCUT2D eigenvalue weighted by atomic mass is 16.5. The van der Waals surface area contributed by atoms with Gasteiger partial charge in [-0.15, -0.1) is 0 Å². The second-order valence-corrected chi connectivity index (χ2v) is 7.02. The largest absolute Gasteiger partial charge is 0.493 e. The molecule has 1 fully saturated rings. The standard InChI is InChI=1S/C22H23N3O3/c1-16-2-3-18(24-11-16)15-28-21-8-9-25(22(26)10-21)19-4-6-20(7-5-19)27-14-17-12-23-13-17/h2-11,17,23H,12-15H2,1H3. The molecule has 0 bridgehead atoms. The van der Waals surface area contributed by atoms with Crippen molar-refractivity contribution in [2.24, 2.45) is 5.92 Å². The Morgan fingerprint density at radius 1 is 1.07 bits per heavy atom. The van der Waals surface area contributed by atoms with Crippen LogP contribution in [0.3, 0.4) is 0 Å². The van der Waals surface area contributed by atoms with Crippen molar-refractivity contribution in [2.45, 2.75) is 13.5 Å². The predicted molar refractivity (Wildman–Crippen MR) is 107 cm³/mol. The Hall–Kier alpha value is -3.12. The third kappa shape index (κ3) is 4.40. The molecule has 1 saturated heterocycles. The molecule has 6 nitrogen and oxygen atoms in total. The van der Waals surface area contributed by atoms with Crippen molar-refractivity contribution >= 4 is 0 Å². The Morgan fingerprint density at radius 3 is 2.54 bits per heavy atom. The fourth-order valence-electron chi connectivity index (χ4n) is 2.89. The maximum absolute atomic E-state index is 12.5. The van der Waals surface area contributed by atoms with E-state index in [1.807, 2.05) is 43.3 Å². The van der Waals surface area contributed by atoms with Crippen LogP contribution < -0.4 is 20.3 Å². The molecule has 3 heterocycles. The minimum Gasteiger partial charge on any atom is -0.493 e. The average molecular weight is 377 g/mol. The fourth-order valence-corrected chi connectivity index (χ4v) is 2.89. The first-order valence-electron chi connectivity index (χ1n) is 9.38. The van der Waals surface area contributed by atoms with Crippen molar-refractivity contribution in [3.05, 3.63) is 82.5 Å². The summed E-state index contributed by atoms with van der Waals surface area (Å²) in [5.74, 6) is 1.93. The highest BCUT2D eigenvalue weighted by Crippen LogP contribution is 2.17. The van der Waals surface area contributed by atoms with Gasteiger partial charge in [-0.1, -0.05) is 6.07 Å². The zero-order valence-corrected chi connectivity index (χ0v) is 15.8. The number of hydrogen-bond donors (Lipinski definition) is 1. The number of benzene rings is 1. The van der Waals surface area contributed by atoms with Gasteiger partial charge in [0.05, 0.1) is 12.3 Å². The van der Waals surface area contributed by atoms with E-state index in [1.54, 1.807) is 23.0 Å². The molecule has 1 N–H and O–H groups in total. The van der Waals surface area contributed by atoms with Gasteiger partial charge in [0.2, 0.25) is 0 Å². The number of nitrogens with zero attached hydrogens (tertiary/aromatic N) is 2. The summed E-state index contributed by atoms with van der Waals surface area (Å²) in [6.45, 7) is 5.06. The number of pyridine rings is 2. The smallest absolute Gasteiger partial charge is 0.258 e. The maximum atomic E-state index is 12.5. The van der Waals surface area contributed by atoms with Gasteiger partial charge in [-0.25, -0.2) is 0 Å². The first-order chi connectivity index (χ1) is 13.7. The van der Waals surface area contributed by atoms with Crippen LogP contribution in [0.1, 0.15) is 11.3 Å². The summed E-state index contributed by atoms with van der Waals surface area (Å²) in [5.41, 5.74) is 2.56. The summed E-state index contributed by atoms with van der Waals surface area (Å²) in [5, 5.41) is 3.23. The Kier molecular flexibility index (Phi) is 5.39. The van der Waals surface area contributed by atoms with Crippen LogP contribution in [0.25, 0.3) is 5.69 Å². The minimum atomic E-state index is -0.149. The lowest BCUT2D eigenvalue weighted by Crippen LogP contribution is -2.45. The monoisotopic (exact) mass is 377 g/mol. The predicted octanol–water partition coefficient (Wildman–Crippen LogP) is 2.72. The topological polar surface area (TPSA) is 65.4 Å². The third-order valence-corrected chi connectivity index (χ3v) is 4.72. The summed E-state index contributed by atoms with van der Waals surface area (Å²) < 4.78 is 13.1. The third-order valence-electron chi connectivity index (χ3n) is 4.72. The molecule has 2 aromatic heterocycles. The summed E-state index contributed by atoms with van der Waals surface area (Å²) in [6.07, 6.45) is 3.52. The Morgan fingerprint density at radius 2 is 1.89 bits per heavy atom. The van der Waals surface area contributed by atoms with E-state index in [0.29, 0.717) is 24.9 Å². The number of nitrogens with one attached hydrogen (secondary N) is 1. The van der Waals surface area contributed by atoms with E-state index in [1.165, 1.54) is 6.07 Å². The molecule has 0 aliphatic carbocycles. The van der Waals surface area contributed by atoms with Gasteiger partial charge in [0.1, 0.15) is 18.1 Å². The second-order valence-electron chi connectivity index (χ2n) is 7.02. The maximum Gasteiger partial charge on any atom is 0.258 e. The van der Waals surface area contributed by atoms with E-state index in [0.717, 1.165) is 35.8 Å². The fraction of sp³-hybridized carbons (Fsp3) is 0.273. The second kappa shape index (κ2) is 8.27. The van der Waals surface area contributed by atoms with E-state index in [2.05, 4.69) is 10.3 Å². The Balaban J connectivity index is 1.39. The zero-order chi connectivity index (χ0) is 19.3. The van der Waals surface area contributed by atoms with Gasteiger partial charge in [-0.2, -0.15) is 0 Å². The molecule has 3 aromatic rings. The molecular weight excluding hydrogens is 354 g/mol. The molecule has 0 spiro atoms. The lowest BCUT2D eigenvalue weighted by Gasteiger charge is -2.26. The van der Waals surface area contributed by atoms with E-state index in [9.17, 15) is 4.79 Å². The van der Waals surface area contributed by atoms with E-state index in [-0.39, 0.29) is 5.56 Å². The quantitative estimate of drug-likeness (QED) is 0.686. The van der Waals surface area contributed by atoms with Gasteiger partial charge in [-0.05, 0) is 48.9 Å². The van der Waals surface area contributed by atoms with Crippen molar-refractivity contribution in [1.82, 2.24) is 14.9 Å². The summed E-state index contributed by atoms with van der Waals surface area (Å²) in [4.78, 5) is 16.8. The summed E-state index contributed by atoms with van der Waals surface area (Å²) in [6, 6.07) is 14.7. The number of ether oxygens (including phenoxy) is 2. The van der Waals surface area contributed by atoms with Crippen LogP contribution in [0.2, 0.25) is 0 Å². The van der Waals surface area contributed by atoms with Crippen molar-refractivity contribution < 1.29 is 9.47 Å². The Bertz CT molecular complexity index is 977. The van der Waals surface area contributed by atoms with Crippen molar-refractivity contribution in [1.29, 1.82) is 0 Å². The van der Waals surface area contributed by atoms with E-state index in [4.69, 9.17) is 9.47 Å². The van der Waals surface area contributed by atoms with Crippen LogP contribution in [0, 0.1) is 12.8 Å². The SMILES string of the molecule is Cc1ccc(COc2ccn(-c3ccc(OCC4CNC4)cc3)c(=O)c2)nc1. The summed E-state index contributed by atoms with van der Waals surface area (Å²) >= 11 is 0. The Labute approximate surface area is 163 Å². The normalized spacial score (nSPS) is 13.8. The van der Waals surface area contributed by atoms with Crippen molar-refractivity contribution in [3.63, 3.8) is 0 Å². The number of hydrogen-bond acceptors (Lipinski definition) is 5. The first kappa shape index (κ1) is 18.3. The molecule has 0 radical (unpaired) electrons. The van der Waals surface area contributed by atoms with Gasteiger partial charge in [0, 0.05) is 43.2 Å². The molecule has 0 atom stereocenters. The van der Waals surface area contributed by atoms with Gasteiger partial charge in [0.15, 0.2) is 0 Å². The molecule has 1 aliphatic heterocycles. The number of aryl methyl sites for hydroxylation is 1. The molecule has 1 aliphatic rings. The molecule has 0 saturated carbocycles. The van der Waals surface area contributed by atoms with Gasteiger partial charge in [0.25, 0.3) is 5.56 Å². The van der Waals surface area contributed by atoms with Crippen LogP contribution in [-0.4, -0.2) is 29.2 Å². The number of aromatic nitrogens is 2. The molecule has 1 aromatic carbocycles. The molecule has 6 heteroatoms. The van der Waals surface area contributed by atoms with E-state index < -0.39 is 0 Å². The number of rotatable bonds is 7. The lowest BCUT2D eigenvalue weighted by atomic mass is 10.1. The molecular formula is C22H23N3O3. The van der Waals surface area contributed by atoms with Crippen LogP contribution in [0.15, 0.2) is 65.7 Å². The highest BCUT2D eigenvalue weighted by molar-refractivity contribution is 5.38. The molecule has 0 amide bonds. The van der Waals surface area contributed by atoms with Gasteiger partial charge < -0.3 is 14.8 Å². The molecule has 4 rings (SSSR count). The molecule has 28 heavy (non-hydrogen) atoms. The minimum absolute atomic E-state index is 0.149.